The first-order valence-corrected chi connectivity index (χ1v) is 6.15. The number of benzene rings is 1. The number of aliphatic hydroxyl groups is 1. The lowest BCUT2D eigenvalue weighted by atomic mass is 10.2. The molecule has 1 unspecified atom stereocenters. The van der Waals surface area contributed by atoms with Crippen molar-refractivity contribution < 1.29 is 23.0 Å². The first-order valence-electron chi connectivity index (χ1n) is 4.89. The van der Waals surface area contributed by atoms with Crippen molar-refractivity contribution in [1.29, 1.82) is 0 Å². The van der Waals surface area contributed by atoms with Crippen LogP contribution in [-0.4, -0.2) is 16.2 Å². The van der Waals surface area contributed by atoms with E-state index in [1.165, 1.54) is 5.41 Å². The molecule has 0 radical (unpaired) electrons. The van der Waals surface area contributed by atoms with Crippen LogP contribution in [0.3, 0.4) is 0 Å². The molecule has 7 heteroatoms. The fraction of sp³-hybridized carbons (Fsp3) is 0.273. The second-order valence-electron chi connectivity index (χ2n) is 3.72. The van der Waals surface area contributed by atoms with Gasteiger partial charge in [-0.3, -0.25) is 0 Å². The molecule has 1 aliphatic rings. The summed E-state index contributed by atoms with van der Waals surface area (Å²) in [7, 11) is 0. The summed E-state index contributed by atoms with van der Waals surface area (Å²) >= 11 is 5.97. The number of halogens is 4. The first-order chi connectivity index (χ1) is 8.30. The molecule has 0 amide bonds. The highest BCUT2D eigenvalue weighted by molar-refractivity contribution is 8.03. The Hall–Kier alpha value is -0.850. The summed E-state index contributed by atoms with van der Waals surface area (Å²) in [6, 6.07) is 6.21. The highest BCUT2D eigenvalue weighted by Gasteiger charge is 2.57. The molecule has 1 N–H and O–H groups in total. The van der Waals surface area contributed by atoms with Crippen molar-refractivity contribution in [3.05, 3.63) is 40.5 Å². The van der Waals surface area contributed by atoms with Crippen molar-refractivity contribution in [3.63, 3.8) is 0 Å². The number of thioether (sulfide) groups is 1. The maximum absolute atomic E-state index is 12.5. The quantitative estimate of drug-likeness (QED) is 0.896. The molecule has 1 aromatic carbocycles. The Bertz CT molecular complexity index is 472. The highest BCUT2D eigenvalue weighted by Crippen LogP contribution is 2.49. The van der Waals surface area contributed by atoms with Gasteiger partial charge in [0, 0.05) is 10.4 Å². The van der Waals surface area contributed by atoms with Crippen LogP contribution in [0.1, 0.15) is 6.42 Å². The zero-order chi connectivity index (χ0) is 13.4. The van der Waals surface area contributed by atoms with Gasteiger partial charge in [0.1, 0.15) is 11.5 Å². The molecule has 0 aromatic heterocycles. The van der Waals surface area contributed by atoms with Gasteiger partial charge in [-0.1, -0.05) is 23.4 Å². The standard InChI is InChI=1S/C11H8ClF3O2S/c12-7-1-3-8(4-2-7)17-9-5-10(16,18-6-9)11(13,14)15/h1-4,6,16H,5H2. The molecule has 1 atom stereocenters. The zero-order valence-corrected chi connectivity index (χ0v) is 10.4. The van der Waals surface area contributed by atoms with Crippen LogP contribution in [0.15, 0.2) is 35.4 Å². The summed E-state index contributed by atoms with van der Waals surface area (Å²) in [6.45, 7) is 0. The predicted octanol–water partition coefficient (Wildman–Crippen LogP) is 3.95. The minimum Gasteiger partial charge on any atom is -0.461 e. The van der Waals surface area contributed by atoms with Gasteiger partial charge in [0.15, 0.2) is 0 Å². The second-order valence-corrected chi connectivity index (χ2v) is 5.30. The van der Waals surface area contributed by atoms with E-state index in [2.05, 4.69) is 0 Å². The minimum absolute atomic E-state index is 0.0714. The summed E-state index contributed by atoms with van der Waals surface area (Å²) in [5, 5.41) is 11.1. The fourth-order valence-corrected chi connectivity index (χ4v) is 2.31. The maximum Gasteiger partial charge on any atom is 0.427 e. The summed E-state index contributed by atoms with van der Waals surface area (Å²) in [5.74, 6) is 0.444. The van der Waals surface area contributed by atoms with Gasteiger partial charge in [-0.2, -0.15) is 13.2 Å². The molecule has 0 aliphatic carbocycles. The van der Waals surface area contributed by atoms with Crippen LogP contribution in [0.5, 0.6) is 5.75 Å². The summed E-state index contributed by atoms with van der Waals surface area (Å²) < 4.78 is 42.8. The Labute approximate surface area is 110 Å². The Balaban J connectivity index is 2.04. The third-order valence-electron chi connectivity index (χ3n) is 2.30. The van der Waals surface area contributed by atoms with Crippen molar-refractivity contribution >= 4 is 23.4 Å². The Morgan fingerprint density at radius 2 is 1.89 bits per heavy atom. The van der Waals surface area contributed by atoms with Crippen molar-refractivity contribution in [2.24, 2.45) is 0 Å². The van der Waals surface area contributed by atoms with Crippen LogP contribution in [0.2, 0.25) is 5.02 Å². The first kappa shape index (κ1) is 13.6. The summed E-state index contributed by atoms with van der Waals surface area (Å²) in [5.41, 5.74) is 0. The number of ether oxygens (including phenoxy) is 1. The summed E-state index contributed by atoms with van der Waals surface area (Å²) in [6.07, 6.45) is -5.30. The Morgan fingerprint density at radius 3 is 2.39 bits per heavy atom. The average molecular weight is 297 g/mol. The molecular formula is C11H8ClF3O2S. The van der Waals surface area contributed by atoms with E-state index in [1.807, 2.05) is 0 Å². The lowest BCUT2D eigenvalue weighted by Crippen LogP contribution is -2.40. The monoisotopic (exact) mass is 296 g/mol. The molecule has 0 saturated heterocycles. The molecule has 18 heavy (non-hydrogen) atoms. The molecule has 2 rings (SSSR count). The summed E-state index contributed by atoms with van der Waals surface area (Å²) in [4.78, 5) is -2.80. The van der Waals surface area contributed by atoms with Gasteiger partial charge < -0.3 is 9.84 Å². The molecular weight excluding hydrogens is 289 g/mol. The van der Waals surface area contributed by atoms with Gasteiger partial charge in [-0.05, 0) is 24.3 Å². The molecule has 1 aromatic rings. The smallest absolute Gasteiger partial charge is 0.427 e. The minimum atomic E-state index is -4.70. The number of hydrogen-bond donors (Lipinski definition) is 1. The van der Waals surface area contributed by atoms with E-state index in [0.717, 1.165) is 0 Å². The van der Waals surface area contributed by atoms with Crippen LogP contribution in [0.4, 0.5) is 13.2 Å². The van der Waals surface area contributed by atoms with Gasteiger partial charge in [0.05, 0.1) is 6.42 Å². The molecule has 0 saturated carbocycles. The fourth-order valence-electron chi connectivity index (χ4n) is 1.36. The van der Waals surface area contributed by atoms with E-state index in [-0.39, 0.29) is 5.76 Å². The maximum atomic E-state index is 12.5. The van der Waals surface area contributed by atoms with Gasteiger partial charge in [-0.25, -0.2) is 0 Å². The Kier molecular flexibility index (Phi) is 3.53. The Morgan fingerprint density at radius 1 is 1.28 bits per heavy atom. The third kappa shape index (κ3) is 2.76. The van der Waals surface area contributed by atoms with Crippen LogP contribution < -0.4 is 4.74 Å². The average Bonchev–Trinajstić information content (AvgIpc) is 2.64. The third-order valence-corrected chi connectivity index (χ3v) is 3.70. The van der Waals surface area contributed by atoms with Crippen LogP contribution in [0, 0.1) is 0 Å². The van der Waals surface area contributed by atoms with E-state index in [4.69, 9.17) is 16.3 Å². The topological polar surface area (TPSA) is 29.5 Å². The van der Waals surface area contributed by atoms with Crippen LogP contribution in [-0.2, 0) is 0 Å². The van der Waals surface area contributed by atoms with Gasteiger partial charge in [-0.15, -0.1) is 0 Å². The van der Waals surface area contributed by atoms with E-state index in [0.29, 0.717) is 22.5 Å². The van der Waals surface area contributed by atoms with Crippen LogP contribution in [0.25, 0.3) is 0 Å². The second kappa shape index (κ2) is 4.68. The molecule has 0 fully saturated rings. The normalized spacial score (nSPS) is 23.9. The largest absolute Gasteiger partial charge is 0.461 e. The highest BCUT2D eigenvalue weighted by atomic mass is 35.5. The van der Waals surface area contributed by atoms with E-state index in [9.17, 15) is 18.3 Å². The van der Waals surface area contributed by atoms with Crippen molar-refractivity contribution in [2.75, 3.05) is 0 Å². The van der Waals surface area contributed by atoms with E-state index >= 15 is 0 Å². The lowest BCUT2D eigenvalue weighted by molar-refractivity contribution is -0.219. The van der Waals surface area contributed by atoms with Gasteiger partial charge in [0.2, 0.25) is 4.93 Å². The lowest BCUT2D eigenvalue weighted by Gasteiger charge is -2.24. The van der Waals surface area contributed by atoms with E-state index in [1.54, 1.807) is 24.3 Å². The number of alkyl halides is 3. The molecule has 1 heterocycles. The van der Waals surface area contributed by atoms with Crippen molar-refractivity contribution in [1.82, 2.24) is 0 Å². The molecule has 0 spiro atoms. The molecule has 0 bridgehead atoms. The van der Waals surface area contributed by atoms with Gasteiger partial charge in [0.25, 0.3) is 0 Å². The number of hydrogen-bond acceptors (Lipinski definition) is 3. The molecule has 2 nitrogen and oxygen atoms in total. The van der Waals surface area contributed by atoms with E-state index < -0.39 is 17.5 Å². The molecule has 1 aliphatic heterocycles. The zero-order valence-electron chi connectivity index (χ0n) is 8.87. The van der Waals surface area contributed by atoms with Crippen molar-refractivity contribution in [2.45, 2.75) is 17.5 Å². The molecule has 98 valence electrons. The van der Waals surface area contributed by atoms with Gasteiger partial charge >= 0.3 is 6.18 Å². The van der Waals surface area contributed by atoms with Crippen LogP contribution >= 0.6 is 23.4 Å². The predicted molar refractivity (Wildman–Crippen MR) is 63.4 cm³/mol. The SMILES string of the molecule is OC1(C(F)(F)F)CC(Oc2ccc(Cl)cc2)=CS1. The number of rotatable bonds is 2. The van der Waals surface area contributed by atoms with Crippen molar-refractivity contribution in [3.8, 4) is 5.75 Å².